The number of nitrogens with zero attached hydrogens (tertiary/aromatic N) is 3. The first-order valence-corrected chi connectivity index (χ1v) is 10.5. The number of carbonyl (C=O) groups excluding carboxylic acids is 1. The number of likely N-dealkylation sites (tertiary alicyclic amines) is 1. The lowest BCUT2D eigenvalue weighted by atomic mass is 9.97. The molecule has 3 rings (SSSR count). The van der Waals surface area contributed by atoms with Crippen LogP contribution in [0.15, 0.2) is 18.5 Å². The Morgan fingerprint density at radius 3 is 2.61 bits per heavy atom. The highest BCUT2D eigenvalue weighted by Gasteiger charge is 2.31. The van der Waals surface area contributed by atoms with Crippen LogP contribution in [-0.2, 0) is 4.74 Å². The van der Waals surface area contributed by atoms with Gasteiger partial charge in [-0.15, -0.1) is 0 Å². The normalized spacial score (nSPS) is 20.0. The van der Waals surface area contributed by atoms with Crippen molar-refractivity contribution in [2.75, 3.05) is 39.4 Å². The largest absolute Gasteiger partial charge is 0.381 e. The van der Waals surface area contributed by atoms with Crippen molar-refractivity contribution in [3.05, 3.63) is 29.8 Å². The fourth-order valence-electron chi connectivity index (χ4n) is 4.37. The van der Waals surface area contributed by atoms with Crippen molar-refractivity contribution in [1.82, 2.24) is 20.1 Å². The average Bonchev–Trinajstić information content (AvgIpc) is 2.72. The summed E-state index contributed by atoms with van der Waals surface area (Å²) >= 11 is 0. The zero-order chi connectivity index (χ0) is 19.9. The molecule has 156 valence electrons. The first-order chi connectivity index (χ1) is 13.6. The van der Waals surface area contributed by atoms with E-state index in [1.807, 2.05) is 0 Å². The van der Waals surface area contributed by atoms with Crippen molar-refractivity contribution in [2.24, 2.45) is 0 Å². The zero-order valence-corrected chi connectivity index (χ0v) is 17.1. The van der Waals surface area contributed by atoms with Crippen molar-refractivity contribution < 1.29 is 13.9 Å². The summed E-state index contributed by atoms with van der Waals surface area (Å²) in [5, 5.41) is 2.89. The van der Waals surface area contributed by atoms with E-state index in [9.17, 15) is 9.18 Å². The monoisotopic (exact) mass is 392 g/mol. The Hall–Kier alpha value is -1.57. The molecule has 1 aromatic heterocycles. The maximum atomic E-state index is 13.8. The lowest BCUT2D eigenvalue weighted by Gasteiger charge is -2.44. The van der Waals surface area contributed by atoms with E-state index >= 15 is 0 Å². The number of piperidine rings is 1. The average molecular weight is 393 g/mol. The SMILES string of the molecule is CC(C)N1CCC(N(CCNC(=O)c2ccncc2F)C2CCOCC2)CC1. The summed E-state index contributed by atoms with van der Waals surface area (Å²) in [6.45, 7) is 9.67. The molecule has 0 aliphatic carbocycles. The highest BCUT2D eigenvalue weighted by atomic mass is 19.1. The highest BCUT2D eigenvalue weighted by molar-refractivity contribution is 5.94. The molecule has 2 saturated heterocycles. The van der Waals surface area contributed by atoms with Gasteiger partial charge in [-0.05, 0) is 58.7 Å². The molecule has 2 aliphatic heterocycles. The summed E-state index contributed by atoms with van der Waals surface area (Å²) in [7, 11) is 0. The van der Waals surface area contributed by atoms with Crippen LogP contribution in [0.4, 0.5) is 4.39 Å². The van der Waals surface area contributed by atoms with Gasteiger partial charge in [0.05, 0.1) is 11.8 Å². The van der Waals surface area contributed by atoms with Gasteiger partial charge in [0, 0.05) is 50.6 Å². The molecule has 0 atom stereocenters. The second-order valence-corrected chi connectivity index (χ2v) is 8.05. The molecule has 7 heteroatoms. The number of rotatable bonds is 7. The molecule has 28 heavy (non-hydrogen) atoms. The van der Waals surface area contributed by atoms with Crippen LogP contribution in [0.3, 0.4) is 0 Å². The second kappa shape index (κ2) is 10.3. The van der Waals surface area contributed by atoms with Crippen LogP contribution >= 0.6 is 0 Å². The number of ether oxygens (including phenoxy) is 1. The van der Waals surface area contributed by atoms with Gasteiger partial charge < -0.3 is 15.0 Å². The molecule has 0 saturated carbocycles. The first-order valence-electron chi connectivity index (χ1n) is 10.5. The number of hydrogen-bond acceptors (Lipinski definition) is 5. The number of pyridine rings is 1. The third-order valence-electron chi connectivity index (χ3n) is 6.03. The molecule has 0 radical (unpaired) electrons. The van der Waals surface area contributed by atoms with Gasteiger partial charge >= 0.3 is 0 Å². The van der Waals surface area contributed by atoms with Gasteiger partial charge in [-0.3, -0.25) is 14.7 Å². The number of halogens is 1. The molecular weight excluding hydrogens is 359 g/mol. The Bertz CT molecular complexity index is 629. The van der Waals surface area contributed by atoms with Crippen LogP contribution in [0.25, 0.3) is 0 Å². The molecule has 1 aromatic rings. The quantitative estimate of drug-likeness (QED) is 0.772. The minimum atomic E-state index is -0.581. The van der Waals surface area contributed by atoms with E-state index in [1.165, 1.54) is 12.3 Å². The molecule has 2 fully saturated rings. The highest BCUT2D eigenvalue weighted by Crippen LogP contribution is 2.24. The Kier molecular flexibility index (Phi) is 7.76. The number of aromatic nitrogens is 1. The maximum Gasteiger partial charge on any atom is 0.254 e. The molecule has 1 N–H and O–H groups in total. The fraction of sp³-hybridized carbons (Fsp3) is 0.714. The van der Waals surface area contributed by atoms with Gasteiger partial charge in [0.2, 0.25) is 0 Å². The molecular formula is C21H33FN4O2. The van der Waals surface area contributed by atoms with E-state index in [1.54, 1.807) is 0 Å². The summed E-state index contributed by atoms with van der Waals surface area (Å²) in [6.07, 6.45) is 6.90. The van der Waals surface area contributed by atoms with Crippen LogP contribution < -0.4 is 5.32 Å². The molecule has 3 heterocycles. The number of hydrogen-bond donors (Lipinski definition) is 1. The van der Waals surface area contributed by atoms with Crippen molar-refractivity contribution in [2.45, 2.75) is 57.7 Å². The summed E-state index contributed by atoms with van der Waals surface area (Å²) in [6, 6.07) is 3.04. The second-order valence-electron chi connectivity index (χ2n) is 8.05. The number of amides is 1. The predicted octanol–water partition coefficient (Wildman–Crippen LogP) is 2.30. The third kappa shape index (κ3) is 5.49. The predicted molar refractivity (Wildman–Crippen MR) is 107 cm³/mol. The van der Waals surface area contributed by atoms with E-state index in [4.69, 9.17) is 4.74 Å². The smallest absolute Gasteiger partial charge is 0.254 e. The summed E-state index contributed by atoms with van der Waals surface area (Å²) in [4.78, 5) is 21.1. The number of nitrogens with one attached hydrogen (secondary N) is 1. The lowest BCUT2D eigenvalue weighted by Crippen LogP contribution is -2.53. The van der Waals surface area contributed by atoms with Gasteiger partial charge in [-0.2, -0.15) is 0 Å². The summed E-state index contributed by atoms with van der Waals surface area (Å²) in [5.41, 5.74) is 0.0536. The first kappa shape index (κ1) is 21.1. The van der Waals surface area contributed by atoms with Crippen LogP contribution in [-0.4, -0.2) is 78.2 Å². The molecule has 0 bridgehead atoms. The van der Waals surface area contributed by atoms with Crippen LogP contribution in [0.2, 0.25) is 0 Å². The Morgan fingerprint density at radius 1 is 1.29 bits per heavy atom. The minimum absolute atomic E-state index is 0.0536. The van der Waals surface area contributed by atoms with Crippen LogP contribution in [0, 0.1) is 5.82 Å². The van der Waals surface area contributed by atoms with Crippen molar-refractivity contribution in [3.8, 4) is 0 Å². The molecule has 0 unspecified atom stereocenters. The summed E-state index contributed by atoms with van der Waals surface area (Å²) < 4.78 is 19.3. The molecule has 2 aliphatic rings. The van der Waals surface area contributed by atoms with Gasteiger partial charge in [0.25, 0.3) is 5.91 Å². The summed E-state index contributed by atoms with van der Waals surface area (Å²) in [5.74, 6) is -0.955. The Morgan fingerprint density at radius 2 is 1.96 bits per heavy atom. The van der Waals surface area contributed by atoms with Crippen molar-refractivity contribution in [1.29, 1.82) is 0 Å². The van der Waals surface area contributed by atoms with Gasteiger partial charge in [0.15, 0.2) is 5.82 Å². The van der Waals surface area contributed by atoms with Crippen molar-refractivity contribution >= 4 is 5.91 Å². The maximum absolute atomic E-state index is 13.8. The van der Waals surface area contributed by atoms with Crippen LogP contribution in [0.5, 0.6) is 0 Å². The van der Waals surface area contributed by atoms with E-state index in [0.717, 1.165) is 64.7 Å². The van der Waals surface area contributed by atoms with Gasteiger partial charge in [-0.1, -0.05) is 0 Å². The molecule has 0 aromatic carbocycles. The van der Waals surface area contributed by atoms with E-state index in [-0.39, 0.29) is 11.5 Å². The molecule has 1 amide bonds. The Balaban J connectivity index is 1.57. The zero-order valence-electron chi connectivity index (χ0n) is 17.1. The van der Waals surface area contributed by atoms with Crippen LogP contribution in [0.1, 0.15) is 49.9 Å². The third-order valence-corrected chi connectivity index (χ3v) is 6.03. The minimum Gasteiger partial charge on any atom is -0.381 e. The lowest BCUT2D eigenvalue weighted by molar-refractivity contribution is 0.0000184. The molecule has 6 nitrogen and oxygen atoms in total. The van der Waals surface area contributed by atoms with Gasteiger partial charge in [0.1, 0.15) is 0 Å². The topological polar surface area (TPSA) is 57.7 Å². The Labute approximate surface area is 167 Å². The molecule has 0 spiro atoms. The number of carbonyl (C=O) groups is 1. The van der Waals surface area contributed by atoms with Crippen molar-refractivity contribution in [3.63, 3.8) is 0 Å². The van der Waals surface area contributed by atoms with E-state index in [2.05, 4.69) is 33.9 Å². The van der Waals surface area contributed by atoms with Gasteiger partial charge in [-0.25, -0.2) is 4.39 Å². The standard InChI is InChI=1S/C21H33FN4O2/c1-16(2)25-10-4-17(5-11-25)26(18-6-13-28-14-7-18)12-9-24-21(27)19-3-8-23-15-20(19)22/h3,8,15-18H,4-7,9-14H2,1-2H3,(H,24,27). The van der Waals surface area contributed by atoms with E-state index < -0.39 is 5.82 Å². The fourth-order valence-corrected chi connectivity index (χ4v) is 4.37. The van der Waals surface area contributed by atoms with E-state index in [0.29, 0.717) is 24.7 Å².